The molecule has 0 aromatic rings. The highest BCUT2D eigenvalue weighted by Gasteiger charge is 2.19. The normalized spacial score (nSPS) is 12.8. The van der Waals surface area contributed by atoms with Gasteiger partial charge in [0.05, 0.1) is 0 Å². The van der Waals surface area contributed by atoms with Gasteiger partial charge in [-0.2, -0.15) is 0 Å². The van der Waals surface area contributed by atoms with Crippen LogP contribution in [0.1, 0.15) is 258 Å². The van der Waals surface area contributed by atoms with Crippen LogP contribution in [-0.2, 0) is 28.6 Å². The van der Waals surface area contributed by atoms with Crippen LogP contribution >= 0.6 is 0 Å². The van der Waals surface area contributed by atoms with Gasteiger partial charge in [0.2, 0.25) is 0 Å². The van der Waals surface area contributed by atoms with E-state index in [4.69, 9.17) is 14.2 Å². The zero-order valence-electron chi connectivity index (χ0n) is 44.3. The lowest BCUT2D eigenvalue weighted by Gasteiger charge is -2.18. The molecule has 0 aromatic heterocycles. The van der Waals surface area contributed by atoms with Crippen molar-refractivity contribution in [1.82, 2.24) is 0 Å². The summed E-state index contributed by atoms with van der Waals surface area (Å²) in [4.78, 5) is 38.1. The molecule has 0 aliphatic rings. The van der Waals surface area contributed by atoms with E-state index in [2.05, 4.69) is 112 Å². The first-order valence-corrected chi connectivity index (χ1v) is 28.2. The maximum Gasteiger partial charge on any atom is 0.306 e. The van der Waals surface area contributed by atoms with E-state index < -0.39 is 6.10 Å². The van der Waals surface area contributed by atoms with E-state index in [0.29, 0.717) is 19.3 Å². The van der Waals surface area contributed by atoms with E-state index in [-0.39, 0.29) is 37.5 Å². The van der Waals surface area contributed by atoms with Gasteiger partial charge in [-0.1, -0.05) is 227 Å². The maximum absolute atomic E-state index is 12.8. The van der Waals surface area contributed by atoms with Crippen molar-refractivity contribution in [2.75, 3.05) is 13.2 Å². The Morgan fingerprint density at radius 3 is 1.00 bits per heavy atom. The van der Waals surface area contributed by atoms with Crippen molar-refractivity contribution in [3.63, 3.8) is 0 Å². The first kappa shape index (κ1) is 64.3. The third kappa shape index (κ3) is 53.3. The SMILES string of the molecule is CC/C=C\C/C=C\C/C=C\C/C=C\C/C=C\C/C=C\CCC(=O)OCC(COC(=O)CCCCCCCCC/C=C\CCCCCC)OC(=O)CCCCCCC/C=C\CCCCCCCCC. The topological polar surface area (TPSA) is 78.9 Å². The zero-order valence-corrected chi connectivity index (χ0v) is 44.3. The number of carbonyl (C=O) groups is 3. The van der Waals surface area contributed by atoms with E-state index in [1.54, 1.807) is 0 Å². The van der Waals surface area contributed by atoms with Gasteiger partial charge in [-0.05, 0) is 109 Å². The highest BCUT2D eigenvalue weighted by Crippen LogP contribution is 2.14. The van der Waals surface area contributed by atoms with Crippen molar-refractivity contribution in [2.24, 2.45) is 0 Å². The van der Waals surface area contributed by atoms with E-state index >= 15 is 0 Å². The van der Waals surface area contributed by atoms with E-state index in [1.165, 1.54) is 122 Å². The molecule has 0 heterocycles. The van der Waals surface area contributed by atoms with Gasteiger partial charge in [-0.15, -0.1) is 0 Å². The molecule has 6 nitrogen and oxygen atoms in total. The second-order valence-electron chi connectivity index (χ2n) is 18.5. The standard InChI is InChI=1S/C62H104O6/c1-4-7-10-13-16-19-22-25-28-30-31-32-35-37-40-43-46-49-52-55-61(64)67-58-59(57-66-60(63)54-51-48-45-42-39-36-33-27-24-21-18-15-12-9-6-3)68-62(65)56-53-50-47-44-41-38-34-29-26-23-20-17-14-11-8-5-2/h7,10,16,19,21,24-25,28-29,31-32,34,37,40,46,49,59H,4-6,8-9,11-15,17-18,20,22-23,26-27,30,33,35-36,38-39,41-45,47-48,50-58H2,1-3H3/b10-7-,19-16-,24-21-,28-25-,32-31-,34-29-,40-37-,49-46-. The third-order valence-electron chi connectivity index (χ3n) is 11.8. The van der Waals surface area contributed by atoms with Crippen molar-refractivity contribution in [1.29, 1.82) is 0 Å². The molecule has 0 rings (SSSR count). The predicted molar refractivity (Wildman–Crippen MR) is 293 cm³/mol. The zero-order chi connectivity index (χ0) is 49.3. The van der Waals surface area contributed by atoms with Gasteiger partial charge >= 0.3 is 17.9 Å². The number of allylic oxidation sites excluding steroid dienone is 16. The molecular formula is C62H104O6. The fourth-order valence-electron chi connectivity index (χ4n) is 7.57. The number of rotatable bonds is 50. The molecule has 0 spiro atoms. The lowest BCUT2D eigenvalue weighted by atomic mass is 10.1. The van der Waals surface area contributed by atoms with Crippen LogP contribution < -0.4 is 0 Å². The Hall–Kier alpha value is -3.67. The molecule has 6 heteroatoms. The summed E-state index contributed by atoms with van der Waals surface area (Å²) in [6.45, 7) is 6.44. The summed E-state index contributed by atoms with van der Waals surface area (Å²) < 4.78 is 16.8. The smallest absolute Gasteiger partial charge is 0.306 e. The van der Waals surface area contributed by atoms with Gasteiger partial charge in [0.1, 0.15) is 13.2 Å². The molecule has 68 heavy (non-hydrogen) atoms. The van der Waals surface area contributed by atoms with Crippen LogP contribution in [0.15, 0.2) is 97.2 Å². The summed E-state index contributed by atoms with van der Waals surface area (Å²) >= 11 is 0. The van der Waals surface area contributed by atoms with E-state index in [9.17, 15) is 14.4 Å². The molecule has 0 saturated carbocycles. The van der Waals surface area contributed by atoms with E-state index in [0.717, 1.165) is 89.9 Å². The van der Waals surface area contributed by atoms with E-state index in [1.807, 2.05) is 6.08 Å². The third-order valence-corrected chi connectivity index (χ3v) is 11.8. The predicted octanol–water partition coefficient (Wildman–Crippen LogP) is 18.9. The van der Waals surface area contributed by atoms with Crippen LogP contribution in [0.2, 0.25) is 0 Å². The Labute approximate surface area is 419 Å². The number of ether oxygens (including phenoxy) is 3. The number of carbonyl (C=O) groups excluding carboxylic acids is 3. The van der Waals surface area contributed by atoms with Gasteiger partial charge in [-0.3, -0.25) is 14.4 Å². The lowest BCUT2D eigenvalue weighted by Crippen LogP contribution is -2.30. The molecule has 0 radical (unpaired) electrons. The maximum atomic E-state index is 12.8. The fraction of sp³-hybridized carbons (Fsp3) is 0.694. The van der Waals surface area contributed by atoms with Gasteiger partial charge < -0.3 is 14.2 Å². The fourth-order valence-corrected chi connectivity index (χ4v) is 7.57. The summed E-state index contributed by atoms with van der Waals surface area (Å²) in [5.41, 5.74) is 0. The second-order valence-corrected chi connectivity index (χ2v) is 18.5. The Balaban J connectivity index is 4.52. The average molecular weight is 946 g/mol. The highest BCUT2D eigenvalue weighted by molar-refractivity contribution is 5.71. The largest absolute Gasteiger partial charge is 0.462 e. The van der Waals surface area contributed by atoms with Crippen molar-refractivity contribution in [3.05, 3.63) is 97.2 Å². The minimum Gasteiger partial charge on any atom is -0.462 e. The molecule has 0 amide bonds. The lowest BCUT2D eigenvalue weighted by molar-refractivity contribution is -0.166. The first-order chi connectivity index (χ1) is 33.5. The Kier molecular flexibility index (Phi) is 52.9. The van der Waals surface area contributed by atoms with Crippen LogP contribution in [0.25, 0.3) is 0 Å². The van der Waals surface area contributed by atoms with Crippen LogP contribution in [0.3, 0.4) is 0 Å². The molecule has 1 unspecified atom stereocenters. The van der Waals surface area contributed by atoms with Crippen molar-refractivity contribution < 1.29 is 28.6 Å². The minimum atomic E-state index is -0.815. The monoisotopic (exact) mass is 945 g/mol. The molecular weight excluding hydrogens is 841 g/mol. The summed E-state index contributed by atoms with van der Waals surface area (Å²) in [5, 5.41) is 0. The molecule has 0 saturated heterocycles. The number of unbranched alkanes of at least 4 members (excludes halogenated alkanes) is 23. The highest BCUT2D eigenvalue weighted by atomic mass is 16.6. The van der Waals surface area contributed by atoms with Crippen molar-refractivity contribution >= 4 is 17.9 Å². The Morgan fingerprint density at radius 1 is 0.309 bits per heavy atom. The van der Waals surface area contributed by atoms with Crippen molar-refractivity contribution in [3.8, 4) is 0 Å². The molecule has 388 valence electrons. The van der Waals surface area contributed by atoms with Gasteiger partial charge in [0.15, 0.2) is 6.10 Å². The van der Waals surface area contributed by atoms with Crippen LogP contribution in [0, 0.1) is 0 Å². The van der Waals surface area contributed by atoms with Crippen LogP contribution in [0.5, 0.6) is 0 Å². The molecule has 1 atom stereocenters. The average Bonchev–Trinajstić information content (AvgIpc) is 3.34. The van der Waals surface area contributed by atoms with Gasteiger partial charge in [-0.25, -0.2) is 0 Å². The molecule has 0 aliphatic heterocycles. The Bertz CT molecular complexity index is 1360. The summed E-state index contributed by atoms with van der Waals surface area (Å²) in [5.74, 6) is -1.00. The van der Waals surface area contributed by atoms with Crippen LogP contribution in [-0.4, -0.2) is 37.2 Å². The van der Waals surface area contributed by atoms with Crippen molar-refractivity contribution in [2.45, 2.75) is 264 Å². The van der Waals surface area contributed by atoms with Crippen LogP contribution in [0.4, 0.5) is 0 Å². The molecule has 0 N–H and O–H groups in total. The number of hydrogen-bond acceptors (Lipinski definition) is 6. The molecule has 0 bridgehead atoms. The first-order valence-electron chi connectivity index (χ1n) is 28.2. The minimum absolute atomic E-state index is 0.106. The molecule has 0 aliphatic carbocycles. The quantitative estimate of drug-likeness (QED) is 0.0262. The summed E-state index contributed by atoms with van der Waals surface area (Å²) in [7, 11) is 0. The summed E-state index contributed by atoms with van der Waals surface area (Å²) in [6.07, 6.45) is 74.0. The van der Waals surface area contributed by atoms with Gasteiger partial charge in [0, 0.05) is 19.3 Å². The number of hydrogen-bond donors (Lipinski definition) is 0. The molecule has 0 aromatic carbocycles. The summed E-state index contributed by atoms with van der Waals surface area (Å²) in [6, 6.07) is 0. The Morgan fingerprint density at radius 2 is 0.603 bits per heavy atom. The van der Waals surface area contributed by atoms with Gasteiger partial charge in [0.25, 0.3) is 0 Å². The molecule has 0 fully saturated rings. The second kappa shape index (κ2) is 55.9. The number of esters is 3.